The van der Waals surface area contributed by atoms with E-state index in [1.165, 1.54) is 11.8 Å². The molecule has 0 bridgehead atoms. The first-order valence-electron chi connectivity index (χ1n) is 8.57. The number of hydrogen-bond acceptors (Lipinski definition) is 7. The summed E-state index contributed by atoms with van der Waals surface area (Å²) in [5.41, 5.74) is 0.801. The fourth-order valence-electron chi connectivity index (χ4n) is 2.49. The van der Waals surface area contributed by atoms with E-state index < -0.39 is 0 Å². The first-order valence-corrected chi connectivity index (χ1v) is 10.3. The molecular weight excluding hydrogens is 433 g/mol. The van der Waals surface area contributed by atoms with Crippen LogP contribution in [-0.4, -0.2) is 24.9 Å². The van der Waals surface area contributed by atoms with Gasteiger partial charge in [0.1, 0.15) is 12.4 Å². The molecule has 10 heteroatoms. The lowest BCUT2D eigenvalue weighted by molar-refractivity contribution is 0.290. The van der Waals surface area contributed by atoms with E-state index in [0.29, 0.717) is 44.2 Å². The van der Waals surface area contributed by atoms with Crippen molar-refractivity contribution in [2.45, 2.75) is 17.5 Å². The Labute approximate surface area is 181 Å². The Morgan fingerprint density at radius 2 is 1.97 bits per heavy atom. The number of aromatic nitrogens is 5. The van der Waals surface area contributed by atoms with Crippen LogP contribution in [0.4, 0.5) is 0 Å². The van der Waals surface area contributed by atoms with Crippen molar-refractivity contribution in [1.29, 1.82) is 0 Å². The van der Waals surface area contributed by atoms with E-state index in [4.69, 9.17) is 32.5 Å². The second kappa shape index (κ2) is 8.86. The molecule has 0 spiro atoms. The molecule has 0 unspecified atom stereocenters. The Bertz CT molecular complexity index is 1130. The summed E-state index contributed by atoms with van der Waals surface area (Å²) in [6.07, 6.45) is 0. The van der Waals surface area contributed by atoms with Crippen molar-refractivity contribution < 1.29 is 9.26 Å². The smallest absolute Gasteiger partial charge is 0.237 e. The van der Waals surface area contributed by atoms with E-state index in [2.05, 4.69) is 20.3 Å². The highest BCUT2D eigenvalue weighted by molar-refractivity contribution is 7.98. The van der Waals surface area contributed by atoms with Crippen molar-refractivity contribution in [3.63, 3.8) is 0 Å². The van der Waals surface area contributed by atoms with E-state index in [-0.39, 0.29) is 6.61 Å². The minimum absolute atomic E-state index is 0.257. The largest absolute Gasteiger partial charge is 0.484 e. The third-order valence-corrected chi connectivity index (χ3v) is 5.55. The second-order valence-electron chi connectivity index (χ2n) is 5.99. The van der Waals surface area contributed by atoms with Crippen LogP contribution in [0.25, 0.3) is 11.4 Å². The zero-order valence-electron chi connectivity index (χ0n) is 15.2. The van der Waals surface area contributed by atoms with Gasteiger partial charge in [0.2, 0.25) is 11.7 Å². The number of benzene rings is 2. The summed E-state index contributed by atoms with van der Waals surface area (Å²) in [5, 5.41) is 14.3. The highest BCUT2D eigenvalue weighted by Crippen LogP contribution is 2.26. The molecule has 0 aliphatic carbocycles. The van der Waals surface area contributed by atoms with Gasteiger partial charge >= 0.3 is 0 Å². The van der Waals surface area contributed by atoms with E-state index in [0.717, 1.165) is 5.56 Å². The summed E-state index contributed by atoms with van der Waals surface area (Å²) in [5.74, 6) is 2.73. The van der Waals surface area contributed by atoms with Crippen LogP contribution in [0.15, 0.2) is 58.2 Å². The molecule has 0 saturated carbocycles. The normalized spacial score (nSPS) is 11.0. The average molecular weight is 448 g/mol. The first-order chi connectivity index (χ1) is 14.1. The van der Waals surface area contributed by atoms with Crippen molar-refractivity contribution in [1.82, 2.24) is 24.9 Å². The van der Waals surface area contributed by atoms with Gasteiger partial charge in [-0.05, 0) is 24.3 Å². The van der Waals surface area contributed by atoms with Crippen molar-refractivity contribution in [3.05, 3.63) is 70.3 Å². The fraction of sp³-hybridized carbons (Fsp3) is 0.158. The van der Waals surface area contributed by atoms with Gasteiger partial charge in [0.05, 0.1) is 10.8 Å². The summed E-state index contributed by atoms with van der Waals surface area (Å²) in [6, 6.07) is 14.6. The van der Waals surface area contributed by atoms with Crippen LogP contribution in [0, 0.1) is 0 Å². The number of rotatable bonds is 7. The van der Waals surface area contributed by atoms with Gasteiger partial charge in [-0.1, -0.05) is 64.4 Å². The molecule has 0 saturated heterocycles. The Balaban J connectivity index is 1.38. The van der Waals surface area contributed by atoms with Crippen molar-refractivity contribution >= 4 is 35.0 Å². The molecule has 7 nitrogen and oxygen atoms in total. The molecule has 4 aromatic rings. The first kappa shape index (κ1) is 19.8. The van der Waals surface area contributed by atoms with Gasteiger partial charge in [-0.3, -0.25) is 0 Å². The highest BCUT2D eigenvalue weighted by atomic mass is 35.5. The number of para-hydroxylation sites is 1. The quantitative estimate of drug-likeness (QED) is 0.367. The van der Waals surface area contributed by atoms with Crippen molar-refractivity contribution in [2.75, 3.05) is 0 Å². The van der Waals surface area contributed by atoms with Gasteiger partial charge in [0.25, 0.3) is 0 Å². The zero-order chi connectivity index (χ0) is 20.2. The lowest BCUT2D eigenvalue weighted by Gasteiger charge is -2.07. The summed E-state index contributed by atoms with van der Waals surface area (Å²) in [4.78, 5) is 4.40. The molecule has 2 aromatic heterocycles. The third kappa shape index (κ3) is 4.72. The van der Waals surface area contributed by atoms with Crippen LogP contribution in [-0.2, 0) is 19.4 Å². The standard InChI is InChI=1S/C19H15Cl2N5O2S/c1-26-16(10-27-15-8-3-2-7-14(15)21)23-24-19(26)29-11-17-22-18(25-28-17)12-5-4-6-13(20)9-12/h2-9H,10-11H2,1H3. The minimum atomic E-state index is 0.257. The van der Waals surface area contributed by atoms with Gasteiger partial charge in [-0.2, -0.15) is 4.98 Å². The number of hydrogen-bond donors (Lipinski definition) is 0. The summed E-state index contributed by atoms with van der Waals surface area (Å²) >= 11 is 13.6. The number of nitrogens with zero attached hydrogens (tertiary/aromatic N) is 5. The van der Waals surface area contributed by atoms with Gasteiger partial charge in [-0.25, -0.2) is 0 Å². The summed E-state index contributed by atoms with van der Waals surface area (Å²) < 4.78 is 12.9. The predicted octanol–water partition coefficient (Wildman–Crippen LogP) is 5.04. The van der Waals surface area contributed by atoms with Crippen LogP contribution in [0.5, 0.6) is 5.75 Å². The molecule has 0 amide bonds. The van der Waals surface area contributed by atoms with E-state index >= 15 is 0 Å². The van der Waals surface area contributed by atoms with Crippen LogP contribution < -0.4 is 4.74 Å². The van der Waals surface area contributed by atoms with Crippen molar-refractivity contribution in [3.8, 4) is 17.1 Å². The maximum absolute atomic E-state index is 6.11. The van der Waals surface area contributed by atoms with Gasteiger partial charge < -0.3 is 13.8 Å². The van der Waals surface area contributed by atoms with E-state index in [1.54, 1.807) is 24.3 Å². The summed E-state index contributed by atoms with van der Waals surface area (Å²) in [6.45, 7) is 0.257. The minimum Gasteiger partial charge on any atom is -0.484 e. The lowest BCUT2D eigenvalue weighted by atomic mass is 10.2. The molecule has 148 valence electrons. The highest BCUT2D eigenvalue weighted by Gasteiger charge is 2.14. The maximum atomic E-state index is 6.11. The van der Waals surface area contributed by atoms with Crippen LogP contribution in [0.3, 0.4) is 0 Å². The van der Waals surface area contributed by atoms with Crippen LogP contribution in [0.2, 0.25) is 10.0 Å². The van der Waals surface area contributed by atoms with Gasteiger partial charge in [0, 0.05) is 17.6 Å². The molecule has 2 aromatic carbocycles. The molecule has 0 aliphatic rings. The second-order valence-corrected chi connectivity index (χ2v) is 7.77. The topological polar surface area (TPSA) is 78.9 Å². The van der Waals surface area contributed by atoms with E-state index in [9.17, 15) is 0 Å². The lowest BCUT2D eigenvalue weighted by Crippen LogP contribution is -2.04. The monoisotopic (exact) mass is 447 g/mol. The SMILES string of the molecule is Cn1c(COc2ccccc2Cl)nnc1SCc1nc(-c2cccc(Cl)c2)no1. The van der Waals surface area contributed by atoms with Gasteiger partial charge in [-0.15, -0.1) is 10.2 Å². The molecule has 4 rings (SSSR count). The Hall–Kier alpha value is -2.55. The van der Waals surface area contributed by atoms with Gasteiger partial charge in [0.15, 0.2) is 11.0 Å². The number of thioether (sulfide) groups is 1. The van der Waals surface area contributed by atoms with E-state index in [1.807, 2.05) is 35.9 Å². The van der Waals surface area contributed by atoms with Crippen molar-refractivity contribution in [2.24, 2.45) is 7.05 Å². The molecule has 0 aliphatic heterocycles. The fourth-order valence-corrected chi connectivity index (χ4v) is 3.63. The number of halogens is 2. The Kier molecular flexibility index (Phi) is 6.03. The Morgan fingerprint density at radius 1 is 1.10 bits per heavy atom. The van der Waals surface area contributed by atoms with Crippen LogP contribution in [0.1, 0.15) is 11.7 Å². The summed E-state index contributed by atoms with van der Waals surface area (Å²) in [7, 11) is 1.87. The Morgan fingerprint density at radius 3 is 2.79 bits per heavy atom. The van der Waals surface area contributed by atoms with Crippen LogP contribution >= 0.6 is 35.0 Å². The molecule has 0 atom stereocenters. The molecule has 0 fully saturated rings. The maximum Gasteiger partial charge on any atom is 0.237 e. The molecule has 2 heterocycles. The number of ether oxygens (including phenoxy) is 1. The molecular formula is C19H15Cl2N5O2S. The molecule has 0 N–H and O–H groups in total. The molecule has 0 radical (unpaired) electrons. The average Bonchev–Trinajstić information content (AvgIpc) is 3.33. The third-order valence-electron chi connectivity index (χ3n) is 3.99. The molecule has 29 heavy (non-hydrogen) atoms. The predicted molar refractivity (Wildman–Crippen MR) is 111 cm³/mol. The zero-order valence-corrected chi connectivity index (χ0v) is 17.6.